The molecule has 0 aliphatic carbocycles. The number of amides is 1. The molecule has 0 bridgehead atoms. The molecule has 1 aromatic rings. The van der Waals surface area contributed by atoms with Gasteiger partial charge in [-0.05, 0) is 6.92 Å². The van der Waals surface area contributed by atoms with Crippen LogP contribution in [0.15, 0.2) is 0 Å². The molecule has 1 atom stereocenters. The van der Waals surface area contributed by atoms with Crippen LogP contribution in [-0.4, -0.2) is 16.1 Å². The average molecular weight is 200 g/mol. The number of nitrogens with one attached hydrogen (secondary N) is 1. The van der Waals surface area contributed by atoms with Crippen molar-refractivity contribution in [2.24, 2.45) is 5.73 Å². The van der Waals surface area contributed by atoms with Gasteiger partial charge in [-0.1, -0.05) is 18.3 Å². The van der Waals surface area contributed by atoms with E-state index >= 15 is 0 Å². The van der Waals surface area contributed by atoms with E-state index in [0.29, 0.717) is 11.6 Å². The third kappa shape index (κ3) is 2.74. The number of aromatic nitrogens is 2. The number of rotatable bonds is 3. The predicted octanol–water partition coefficient (Wildman–Crippen LogP) is 0.906. The maximum atomic E-state index is 11.0. The summed E-state index contributed by atoms with van der Waals surface area (Å²) in [7, 11) is 0. The van der Waals surface area contributed by atoms with Gasteiger partial charge in [0, 0.05) is 6.42 Å². The quantitative estimate of drug-likeness (QED) is 0.759. The van der Waals surface area contributed by atoms with Gasteiger partial charge in [-0.2, -0.15) is 0 Å². The first-order chi connectivity index (χ1) is 6.13. The van der Waals surface area contributed by atoms with Crippen LogP contribution < -0.4 is 11.1 Å². The third-order valence-corrected chi connectivity index (χ3v) is 2.44. The topological polar surface area (TPSA) is 80.9 Å². The lowest BCUT2D eigenvalue weighted by Gasteiger charge is -1.96. The SMILES string of the molecule is CCC(=O)Nc1nnc(C(C)N)s1. The van der Waals surface area contributed by atoms with E-state index in [-0.39, 0.29) is 11.9 Å². The maximum absolute atomic E-state index is 11.0. The fourth-order valence-electron chi connectivity index (χ4n) is 0.677. The summed E-state index contributed by atoms with van der Waals surface area (Å²) in [4.78, 5) is 11.0. The molecular weight excluding hydrogens is 188 g/mol. The maximum Gasteiger partial charge on any atom is 0.225 e. The molecule has 1 heterocycles. The van der Waals surface area contributed by atoms with Crippen LogP contribution in [0.2, 0.25) is 0 Å². The highest BCUT2D eigenvalue weighted by molar-refractivity contribution is 7.15. The molecule has 1 unspecified atom stereocenters. The lowest BCUT2D eigenvalue weighted by molar-refractivity contribution is -0.115. The molecule has 0 saturated carbocycles. The highest BCUT2D eigenvalue weighted by atomic mass is 32.1. The highest BCUT2D eigenvalue weighted by Crippen LogP contribution is 2.19. The summed E-state index contributed by atoms with van der Waals surface area (Å²) in [6.07, 6.45) is 0.438. The van der Waals surface area contributed by atoms with E-state index in [9.17, 15) is 4.79 Å². The molecular formula is C7H12N4OS. The van der Waals surface area contributed by atoms with E-state index in [1.165, 1.54) is 11.3 Å². The van der Waals surface area contributed by atoms with Crippen molar-refractivity contribution in [3.05, 3.63) is 5.01 Å². The van der Waals surface area contributed by atoms with E-state index in [1.807, 2.05) is 6.92 Å². The Morgan fingerprint density at radius 3 is 2.85 bits per heavy atom. The first-order valence-electron chi connectivity index (χ1n) is 4.02. The molecule has 1 aromatic heterocycles. The van der Waals surface area contributed by atoms with Gasteiger partial charge in [-0.15, -0.1) is 10.2 Å². The van der Waals surface area contributed by atoms with Crippen LogP contribution in [0.5, 0.6) is 0 Å². The van der Waals surface area contributed by atoms with E-state index in [1.54, 1.807) is 6.92 Å². The van der Waals surface area contributed by atoms with Gasteiger partial charge in [0.2, 0.25) is 11.0 Å². The van der Waals surface area contributed by atoms with Crippen LogP contribution in [-0.2, 0) is 4.79 Å². The van der Waals surface area contributed by atoms with Crippen LogP contribution in [0.3, 0.4) is 0 Å². The van der Waals surface area contributed by atoms with Crippen molar-refractivity contribution >= 4 is 22.4 Å². The second-order valence-electron chi connectivity index (χ2n) is 2.64. The molecule has 0 aliphatic rings. The van der Waals surface area contributed by atoms with E-state index in [4.69, 9.17) is 5.73 Å². The normalized spacial score (nSPS) is 12.5. The second kappa shape index (κ2) is 4.29. The van der Waals surface area contributed by atoms with Crippen LogP contribution in [0, 0.1) is 0 Å². The Bertz CT molecular complexity index is 296. The molecule has 72 valence electrons. The van der Waals surface area contributed by atoms with Crippen molar-refractivity contribution in [3.63, 3.8) is 0 Å². The minimum atomic E-state index is -0.134. The number of carbonyl (C=O) groups is 1. The fraction of sp³-hybridized carbons (Fsp3) is 0.571. The second-order valence-corrected chi connectivity index (χ2v) is 3.64. The summed E-state index contributed by atoms with van der Waals surface area (Å²) in [5.74, 6) is -0.0626. The number of hydrogen-bond acceptors (Lipinski definition) is 5. The Labute approximate surface area is 80.4 Å². The number of carbonyl (C=O) groups excluding carboxylic acids is 1. The van der Waals surface area contributed by atoms with Crippen molar-refractivity contribution in [1.82, 2.24) is 10.2 Å². The van der Waals surface area contributed by atoms with Gasteiger partial charge in [0.25, 0.3) is 0 Å². The molecule has 1 amide bonds. The average Bonchev–Trinajstić information content (AvgIpc) is 2.52. The molecule has 5 nitrogen and oxygen atoms in total. The number of nitrogens with zero attached hydrogens (tertiary/aromatic N) is 2. The van der Waals surface area contributed by atoms with Crippen LogP contribution in [0.4, 0.5) is 5.13 Å². The van der Waals surface area contributed by atoms with Crippen LogP contribution in [0.25, 0.3) is 0 Å². The summed E-state index contributed by atoms with van der Waals surface area (Å²) in [6.45, 7) is 3.61. The summed E-state index contributed by atoms with van der Waals surface area (Å²) in [5, 5.41) is 11.5. The minimum absolute atomic E-state index is 0.0626. The molecule has 6 heteroatoms. The molecule has 0 aromatic carbocycles. The fourth-order valence-corrected chi connectivity index (χ4v) is 1.39. The van der Waals surface area contributed by atoms with Gasteiger partial charge in [-0.25, -0.2) is 0 Å². The first-order valence-corrected chi connectivity index (χ1v) is 4.84. The number of nitrogens with two attached hydrogens (primary N) is 1. The Morgan fingerprint density at radius 1 is 1.69 bits per heavy atom. The molecule has 3 N–H and O–H groups in total. The molecule has 0 radical (unpaired) electrons. The van der Waals surface area contributed by atoms with Gasteiger partial charge in [-0.3, -0.25) is 4.79 Å². The summed E-state index contributed by atoms with van der Waals surface area (Å²) in [5.41, 5.74) is 5.59. The van der Waals surface area contributed by atoms with Crippen molar-refractivity contribution in [1.29, 1.82) is 0 Å². The van der Waals surface area contributed by atoms with E-state index in [0.717, 1.165) is 5.01 Å². The van der Waals surface area contributed by atoms with Crippen molar-refractivity contribution < 1.29 is 4.79 Å². The Balaban J connectivity index is 2.64. The molecule has 0 spiro atoms. The molecule has 0 fully saturated rings. The smallest absolute Gasteiger partial charge is 0.225 e. The van der Waals surface area contributed by atoms with Crippen molar-refractivity contribution in [3.8, 4) is 0 Å². The Morgan fingerprint density at radius 2 is 2.38 bits per heavy atom. The minimum Gasteiger partial charge on any atom is -0.322 e. The summed E-state index contributed by atoms with van der Waals surface area (Å²) < 4.78 is 0. The zero-order chi connectivity index (χ0) is 9.84. The Hall–Kier alpha value is -1.01. The van der Waals surface area contributed by atoms with E-state index in [2.05, 4.69) is 15.5 Å². The molecule has 0 aliphatic heterocycles. The van der Waals surface area contributed by atoms with Gasteiger partial charge in [0.15, 0.2) is 0 Å². The van der Waals surface area contributed by atoms with Gasteiger partial charge >= 0.3 is 0 Å². The summed E-state index contributed by atoms with van der Waals surface area (Å²) >= 11 is 1.31. The largest absolute Gasteiger partial charge is 0.322 e. The zero-order valence-corrected chi connectivity index (χ0v) is 8.39. The van der Waals surface area contributed by atoms with Crippen molar-refractivity contribution in [2.75, 3.05) is 5.32 Å². The van der Waals surface area contributed by atoms with Crippen LogP contribution in [0.1, 0.15) is 31.3 Å². The van der Waals surface area contributed by atoms with Crippen molar-refractivity contribution in [2.45, 2.75) is 26.3 Å². The van der Waals surface area contributed by atoms with Crippen LogP contribution >= 0.6 is 11.3 Å². The predicted molar refractivity (Wildman–Crippen MR) is 51.4 cm³/mol. The van der Waals surface area contributed by atoms with Gasteiger partial charge < -0.3 is 11.1 Å². The molecule has 0 saturated heterocycles. The lowest BCUT2D eigenvalue weighted by Crippen LogP contribution is -2.08. The summed E-state index contributed by atoms with van der Waals surface area (Å²) in [6, 6.07) is -0.134. The standard InChI is InChI=1S/C7H12N4OS/c1-3-5(12)9-7-11-10-6(13-7)4(2)8/h4H,3,8H2,1-2H3,(H,9,11,12). The first kappa shape index (κ1) is 10.1. The monoisotopic (exact) mass is 200 g/mol. The van der Waals surface area contributed by atoms with E-state index < -0.39 is 0 Å². The highest BCUT2D eigenvalue weighted by Gasteiger charge is 2.08. The zero-order valence-electron chi connectivity index (χ0n) is 7.57. The van der Waals surface area contributed by atoms with Gasteiger partial charge in [0.05, 0.1) is 6.04 Å². The third-order valence-electron chi connectivity index (χ3n) is 1.40. The number of anilines is 1. The number of hydrogen-bond donors (Lipinski definition) is 2. The lowest BCUT2D eigenvalue weighted by atomic mass is 10.4. The molecule has 13 heavy (non-hydrogen) atoms. The Kier molecular flexibility index (Phi) is 3.32. The molecule has 1 rings (SSSR count). The van der Waals surface area contributed by atoms with Gasteiger partial charge in [0.1, 0.15) is 5.01 Å².